The summed E-state index contributed by atoms with van der Waals surface area (Å²) in [5.74, 6) is -0.367. The SMILES string of the molecule is CCC(CC)(CCO)CNC(=O)Cc1ccc(F)cc1. The van der Waals surface area contributed by atoms with Gasteiger partial charge in [0.15, 0.2) is 0 Å². The molecule has 0 aliphatic rings. The van der Waals surface area contributed by atoms with Crippen molar-refractivity contribution in [3.05, 3.63) is 35.6 Å². The first-order chi connectivity index (χ1) is 9.55. The van der Waals surface area contributed by atoms with Crippen LogP contribution in [0.3, 0.4) is 0 Å². The van der Waals surface area contributed by atoms with Gasteiger partial charge in [0, 0.05) is 13.2 Å². The monoisotopic (exact) mass is 281 g/mol. The average molecular weight is 281 g/mol. The molecule has 4 heteroatoms. The third-order valence-electron chi connectivity index (χ3n) is 4.08. The first-order valence-electron chi connectivity index (χ1n) is 7.17. The van der Waals surface area contributed by atoms with Crippen LogP contribution in [-0.4, -0.2) is 24.2 Å². The van der Waals surface area contributed by atoms with Crippen LogP contribution in [0.15, 0.2) is 24.3 Å². The highest BCUT2D eigenvalue weighted by Gasteiger charge is 2.25. The van der Waals surface area contributed by atoms with Crippen LogP contribution < -0.4 is 5.32 Å². The lowest BCUT2D eigenvalue weighted by Crippen LogP contribution is -2.38. The Kier molecular flexibility index (Phi) is 6.65. The van der Waals surface area contributed by atoms with E-state index in [0.29, 0.717) is 13.0 Å². The second kappa shape index (κ2) is 8.00. The van der Waals surface area contributed by atoms with Crippen molar-refractivity contribution in [2.45, 2.75) is 39.5 Å². The molecular formula is C16H24FNO2. The minimum Gasteiger partial charge on any atom is -0.396 e. The van der Waals surface area contributed by atoms with Gasteiger partial charge in [-0.3, -0.25) is 4.79 Å². The maximum Gasteiger partial charge on any atom is 0.224 e. The Labute approximate surface area is 120 Å². The van der Waals surface area contributed by atoms with Crippen molar-refractivity contribution < 1.29 is 14.3 Å². The fourth-order valence-corrected chi connectivity index (χ4v) is 2.32. The number of hydrogen-bond acceptors (Lipinski definition) is 2. The molecule has 0 aliphatic heterocycles. The first-order valence-corrected chi connectivity index (χ1v) is 7.17. The maximum atomic E-state index is 12.8. The molecule has 3 nitrogen and oxygen atoms in total. The van der Waals surface area contributed by atoms with Crippen LogP contribution in [0.5, 0.6) is 0 Å². The lowest BCUT2D eigenvalue weighted by atomic mass is 9.79. The molecule has 0 radical (unpaired) electrons. The Morgan fingerprint density at radius 3 is 2.35 bits per heavy atom. The zero-order valence-electron chi connectivity index (χ0n) is 12.3. The predicted molar refractivity (Wildman–Crippen MR) is 77.8 cm³/mol. The fraction of sp³-hybridized carbons (Fsp3) is 0.562. The van der Waals surface area contributed by atoms with Crippen LogP contribution in [0, 0.1) is 11.2 Å². The molecule has 0 saturated heterocycles. The summed E-state index contributed by atoms with van der Waals surface area (Å²) in [7, 11) is 0. The quantitative estimate of drug-likeness (QED) is 0.769. The third kappa shape index (κ3) is 4.93. The van der Waals surface area contributed by atoms with Crippen LogP contribution >= 0.6 is 0 Å². The number of benzene rings is 1. The van der Waals surface area contributed by atoms with E-state index in [-0.39, 0.29) is 30.2 Å². The van der Waals surface area contributed by atoms with Gasteiger partial charge in [0.2, 0.25) is 5.91 Å². The number of carbonyl (C=O) groups excluding carboxylic acids is 1. The highest BCUT2D eigenvalue weighted by molar-refractivity contribution is 5.78. The van der Waals surface area contributed by atoms with E-state index >= 15 is 0 Å². The molecule has 0 unspecified atom stereocenters. The van der Waals surface area contributed by atoms with E-state index in [2.05, 4.69) is 19.2 Å². The average Bonchev–Trinajstić information content (AvgIpc) is 2.46. The van der Waals surface area contributed by atoms with Crippen molar-refractivity contribution in [1.82, 2.24) is 5.32 Å². The molecule has 1 aromatic carbocycles. The van der Waals surface area contributed by atoms with Crippen molar-refractivity contribution in [3.8, 4) is 0 Å². The van der Waals surface area contributed by atoms with Crippen LogP contribution in [0.2, 0.25) is 0 Å². The summed E-state index contributed by atoms with van der Waals surface area (Å²) >= 11 is 0. The van der Waals surface area contributed by atoms with E-state index in [1.165, 1.54) is 12.1 Å². The van der Waals surface area contributed by atoms with Crippen LogP contribution in [0.1, 0.15) is 38.7 Å². The lowest BCUT2D eigenvalue weighted by molar-refractivity contribution is -0.121. The Hall–Kier alpha value is -1.42. The number of hydrogen-bond donors (Lipinski definition) is 2. The number of halogens is 1. The Balaban J connectivity index is 2.51. The van der Waals surface area contributed by atoms with E-state index < -0.39 is 0 Å². The second-order valence-corrected chi connectivity index (χ2v) is 5.26. The molecule has 1 amide bonds. The Bertz CT molecular complexity index is 413. The van der Waals surface area contributed by atoms with Crippen molar-refractivity contribution in [3.63, 3.8) is 0 Å². The fourth-order valence-electron chi connectivity index (χ4n) is 2.32. The molecule has 1 aromatic rings. The summed E-state index contributed by atoms with van der Waals surface area (Å²) < 4.78 is 12.8. The summed E-state index contributed by atoms with van der Waals surface area (Å²) in [6, 6.07) is 5.96. The maximum absolute atomic E-state index is 12.8. The molecule has 0 aromatic heterocycles. The molecule has 0 atom stereocenters. The minimum atomic E-state index is -0.298. The zero-order chi connectivity index (χ0) is 15.0. The second-order valence-electron chi connectivity index (χ2n) is 5.26. The van der Waals surface area contributed by atoms with E-state index in [1.54, 1.807) is 12.1 Å². The van der Waals surface area contributed by atoms with Crippen LogP contribution in [-0.2, 0) is 11.2 Å². The Morgan fingerprint density at radius 1 is 1.25 bits per heavy atom. The number of rotatable bonds is 8. The van der Waals surface area contributed by atoms with Gasteiger partial charge >= 0.3 is 0 Å². The zero-order valence-corrected chi connectivity index (χ0v) is 12.3. The largest absolute Gasteiger partial charge is 0.396 e. The van der Waals surface area contributed by atoms with Gasteiger partial charge in [0.05, 0.1) is 6.42 Å². The lowest BCUT2D eigenvalue weighted by Gasteiger charge is -2.31. The molecule has 0 heterocycles. The number of amides is 1. The van der Waals surface area contributed by atoms with Crippen molar-refractivity contribution in [2.75, 3.05) is 13.2 Å². The molecule has 112 valence electrons. The highest BCUT2D eigenvalue weighted by Crippen LogP contribution is 2.29. The van der Waals surface area contributed by atoms with Crippen molar-refractivity contribution in [1.29, 1.82) is 0 Å². The van der Waals surface area contributed by atoms with Crippen molar-refractivity contribution >= 4 is 5.91 Å². The molecule has 1 rings (SSSR count). The molecule has 0 spiro atoms. The Morgan fingerprint density at radius 2 is 1.85 bits per heavy atom. The number of carbonyl (C=O) groups is 1. The smallest absolute Gasteiger partial charge is 0.224 e. The van der Waals surface area contributed by atoms with E-state index in [1.807, 2.05) is 0 Å². The van der Waals surface area contributed by atoms with Gasteiger partial charge in [-0.25, -0.2) is 4.39 Å². The topological polar surface area (TPSA) is 49.3 Å². The van der Waals surface area contributed by atoms with Gasteiger partial charge in [-0.2, -0.15) is 0 Å². The summed E-state index contributed by atoms with van der Waals surface area (Å²) in [5.41, 5.74) is 0.761. The minimum absolute atomic E-state index is 0.0345. The number of aliphatic hydroxyl groups excluding tert-OH is 1. The van der Waals surface area contributed by atoms with Gasteiger partial charge in [0.1, 0.15) is 5.82 Å². The van der Waals surface area contributed by atoms with Crippen LogP contribution in [0.25, 0.3) is 0 Å². The molecule has 0 aliphatic carbocycles. The van der Waals surface area contributed by atoms with Gasteiger partial charge in [-0.15, -0.1) is 0 Å². The van der Waals surface area contributed by atoms with Gasteiger partial charge < -0.3 is 10.4 Å². The molecular weight excluding hydrogens is 257 g/mol. The third-order valence-corrected chi connectivity index (χ3v) is 4.08. The van der Waals surface area contributed by atoms with Gasteiger partial charge in [-0.1, -0.05) is 26.0 Å². The summed E-state index contributed by atoms with van der Waals surface area (Å²) in [5, 5.41) is 12.1. The normalized spacial score (nSPS) is 11.4. The molecule has 20 heavy (non-hydrogen) atoms. The summed E-state index contributed by atoms with van der Waals surface area (Å²) in [6.07, 6.45) is 2.78. The summed E-state index contributed by atoms with van der Waals surface area (Å²) in [6.45, 7) is 4.85. The number of aliphatic hydroxyl groups is 1. The van der Waals surface area contributed by atoms with Gasteiger partial charge in [-0.05, 0) is 42.4 Å². The van der Waals surface area contributed by atoms with Crippen LogP contribution in [0.4, 0.5) is 4.39 Å². The first kappa shape index (κ1) is 16.6. The number of nitrogens with one attached hydrogen (secondary N) is 1. The molecule has 0 saturated carbocycles. The van der Waals surface area contributed by atoms with E-state index in [9.17, 15) is 9.18 Å². The summed E-state index contributed by atoms with van der Waals surface area (Å²) in [4.78, 5) is 11.9. The standard InChI is InChI=1S/C16H24FNO2/c1-3-16(4-2,9-10-19)12-18-15(20)11-13-5-7-14(17)8-6-13/h5-8,19H,3-4,9-12H2,1-2H3,(H,18,20). The molecule has 0 bridgehead atoms. The van der Waals surface area contributed by atoms with E-state index in [0.717, 1.165) is 18.4 Å². The van der Waals surface area contributed by atoms with Gasteiger partial charge in [0.25, 0.3) is 0 Å². The van der Waals surface area contributed by atoms with E-state index in [4.69, 9.17) is 5.11 Å². The van der Waals surface area contributed by atoms with Crippen molar-refractivity contribution in [2.24, 2.45) is 5.41 Å². The predicted octanol–water partition coefficient (Wildman–Crippen LogP) is 2.67. The highest BCUT2D eigenvalue weighted by atomic mass is 19.1. The molecule has 2 N–H and O–H groups in total. The molecule has 0 fully saturated rings.